The van der Waals surface area contributed by atoms with Gasteiger partial charge < -0.3 is 0 Å². The van der Waals surface area contributed by atoms with Crippen LogP contribution in [0.2, 0.25) is 0 Å². The van der Waals surface area contributed by atoms with E-state index in [4.69, 9.17) is 12.3 Å². The van der Waals surface area contributed by atoms with E-state index < -0.39 is 118 Å². The second-order valence-corrected chi connectivity index (χ2v) is 12.7. The van der Waals surface area contributed by atoms with Gasteiger partial charge in [0.05, 0.1) is 0 Å². The zero-order chi connectivity index (χ0) is 34.7. The van der Waals surface area contributed by atoms with Crippen LogP contribution < -0.4 is 0 Å². The third-order valence-electron chi connectivity index (χ3n) is 4.15. The van der Waals surface area contributed by atoms with Gasteiger partial charge in [-0.25, -0.2) is 0 Å². The van der Waals surface area contributed by atoms with E-state index >= 15 is 0 Å². The molecule has 4 atom stereocenters. The van der Waals surface area contributed by atoms with Gasteiger partial charge in [-0.3, -0.25) is 0 Å². The van der Waals surface area contributed by atoms with Crippen LogP contribution in [0.5, 0.6) is 0 Å². The van der Waals surface area contributed by atoms with Crippen LogP contribution in [0.4, 0.5) is 0 Å². The quantitative estimate of drug-likeness (QED) is 0.0511. The van der Waals surface area contributed by atoms with E-state index in [1.165, 1.54) is 0 Å². The van der Waals surface area contributed by atoms with Gasteiger partial charge in [0, 0.05) is 0 Å². The molecule has 0 aliphatic carbocycles. The maximum absolute atomic E-state index is 12.6. The molecule has 0 aliphatic rings. The Kier molecular flexibility index (Phi) is 19.3. The van der Waals surface area contributed by atoms with Gasteiger partial charge in [-0.1, -0.05) is 0 Å². The molecule has 0 rings (SSSR count). The molecule has 256 valence electrons. The number of carbonyl (C=O) groups excluding carboxylic acids is 8. The van der Waals surface area contributed by atoms with Crippen LogP contribution in [0, 0.1) is 0 Å². The number of hydrogen-bond acceptors (Lipinski definition) is 24. The Morgan fingerprint density at radius 3 is 0.756 bits per heavy atom. The van der Waals surface area contributed by atoms with Crippen LogP contribution in [-0.4, -0.2) is 141 Å². The molecule has 0 radical (unpaired) electrons. The van der Waals surface area contributed by atoms with E-state index in [0.717, 1.165) is 28.4 Å². The molecule has 0 saturated carbocycles. The van der Waals surface area contributed by atoms with E-state index in [9.17, 15) is 58.8 Å². The standard InChI is InChI=1S/4C5H8O6.Sn/c4*1-10-11-5(9)3(6)2-4(7)8;/h4*3,6H,2H2,1H3,(H,7,8);/q;;;;+4/p-4. The molecule has 0 spiro atoms. The van der Waals surface area contributed by atoms with E-state index in [2.05, 4.69) is 39.1 Å². The Bertz CT molecular complexity index is 894. The van der Waals surface area contributed by atoms with Gasteiger partial charge in [-0.05, 0) is 0 Å². The second-order valence-electron chi connectivity index (χ2n) is 7.55. The molecule has 0 saturated heterocycles. The van der Waals surface area contributed by atoms with E-state index in [1.807, 2.05) is 0 Å². The molecule has 0 bridgehead atoms. The third kappa shape index (κ3) is 16.2. The molecule has 0 amide bonds. The molecule has 4 unspecified atom stereocenters. The Morgan fingerprint density at radius 2 is 0.600 bits per heavy atom. The van der Waals surface area contributed by atoms with Crippen LogP contribution in [0.25, 0.3) is 0 Å². The molecule has 0 aliphatic heterocycles. The van der Waals surface area contributed by atoms with E-state index in [-0.39, 0.29) is 0 Å². The summed E-state index contributed by atoms with van der Waals surface area (Å²) < 4.78 is 19.1. The molecule has 4 N–H and O–H groups in total. The van der Waals surface area contributed by atoms with Crippen molar-refractivity contribution in [2.75, 3.05) is 28.4 Å². The molecule has 0 aromatic heterocycles. The van der Waals surface area contributed by atoms with Crippen LogP contribution in [0.1, 0.15) is 25.7 Å². The maximum atomic E-state index is 12.6. The fourth-order valence-electron chi connectivity index (χ4n) is 2.36. The SMILES string of the molecule is COOC(=O)C(O)CC(=O)[O][Sn]([O]C(=O)CC(O)C(=O)OOC)([O]C(=O)CC(O)C(=O)OOC)[O]C(=O)CC(O)C(=O)OOC. The normalized spacial score (nSPS) is 14.6. The molecular formula is C20H28O24Sn. The first kappa shape index (κ1) is 41.2. The summed E-state index contributed by atoms with van der Waals surface area (Å²) in [6, 6.07) is 0. The summed E-state index contributed by atoms with van der Waals surface area (Å²) in [5, 5.41) is 39.2. The minimum absolute atomic E-state index is 0.854. The summed E-state index contributed by atoms with van der Waals surface area (Å²) in [6.45, 7) is 0. The van der Waals surface area contributed by atoms with Crippen LogP contribution in [-0.2, 0) is 89.8 Å². The predicted molar refractivity (Wildman–Crippen MR) is 125 cm³/mol. The zero-order valence-electron chi connectivity index (χ0n) is 23.6. The van der Waals surface area contributed by atoms with Gasteiger partial charge in [-0.2, -0.15) is 0 Å². The van der Waals surface area contributed by atoms with Gasteiger partial charge >= 0.3 is 257 Å². The molecular weight excluding hydrogens is 743 g/mol. The third-order valence-corrected chi connectivity index (χ3v) is 9.60. The summed E-state index contributed by atoms with van der Waals surface area (Å²) in [5.41, 5.74) is 0. The van der Waals surface area contributed by atoms with Crippen molar-refractivity contribution in [3.8, 4) is 0 Å². The molecule has 0 aromatic rings. The van der Waals surface area contributed by atoms with Crippen molar-refractivity contribution >= 4 is 67.8 Å². The monoisotopic (exact) mass is 772 g/mol. The first-order valence-corrected chi connectivity index (χ1v) is 16.3. The summed E-state index contributed by atoms with van der Waals surface area (Å²) in [6.07, 6.45) is -15.0. The predicted octanol–water partition coefficient (Wildman–Crippen LogP) is -4.98. The molecule has 0 aromatic carbocycles. The van der Waals surface area contributed by atoms with Crippen LogP contribution in [0.15, 0.2) is 0 Å². The van der Waals surface area contributed by atoms with Crippen molar-refractivity contribution in [1.82, 2.24) is 0 Å². The Balaban J connectivity index is 6.52. The van der Waals surface area contributed by atoms with Gasteiger partial charge in [0.25, 0.3) is 0 Å². The molecule has 0 heterocycles. The number of hydrogen-bond donors (Lipinski definition) is 4. The van der Waals surface area contributed by atoms with Gasteiger partial charge in [0.1, 0.15) is 0 Å². The molecule has 25 heteroatoms. The number of rotatable bonds is 20. The van der Waals surface area contributed by atoms with E-state index in [1.54, 1.807) is 0 Å². The van der Waals surface area contributed by atoms with Crippen molar-refractivity contribution in [2.45, 2.75) is 50.1 Å². The Morgan fingerprint density at radius 1 is 0.422 bits per heavy atom. The van der Waals surface area contributed by atoms with Crippen molar-refractivity contribution < 1.29 is 110 Å². The zero-order valence-corrected chi connectivity index (χ0v) is 26.4. The van der Waals surface area contributed by atoms with Crippen LogP contribution >= 0.6 is 0 Å². The Hall–Kier alpha value is -3.76. The molecule has 45 heavy (non-hydrogen) atoms. The fraction of sp³-hybridized carbons (Fsp3) is 0.600. The second kappa shape index (κ2) is 21.1. The minimum atomic E-state index is -7.13. The van der Waals surface area contributed by atoms with Crippen molar-refractivity contribution in [3.05, 3.63) is 0 Å². The van der Waals surface area contributed by atoms with Crippen molar-refractivity contribution in [2.24, 2.45) is 0 Å². The fourth-order valence-corrected chi connectivity index (χ4v) is 7.21. The average Bonchev–Trinajstić information content (AvgIpc) is 2.92. The van der Waals surface area contributed by atoms with Gasteiger partial charge in [0.15, 0.2) is 0 Å². The van der Waals surface area contributed by atoms with Gasteiger partial charge in [-0.15, -0.1) is 0 Å². The number of aliphatic hydroxyl groups is 4. The first-order valence-electron chi connectivity index (χ1n) is 11.6. The summed E-state index contributed by atoms with van der Waals surface area (Å²) >= 11 is -7.13. The van der Waals surface area contributed by atoms with Crippen molar-refractivity contribution in [1.29, 1.82) is 0 Å². The average molecular weight is 771 g/mol. The molecule has 24 nitrogen and oxygen atoms in total. The number of aliphatic hydroxyl groups excluding tert-OH is 4. The van der Waals surface area contributed by atoms with Crippen LogP contribution in [0.3, 0.4) is 0 Å². The summed E-state index contributed by atoms with van der Waals surface area (Å²) in [5.74, 6) is -13.5. The topological polar surface area (TPSA) is 328 Å². The van der Waals surface area contributed by atoms with E-state index in [0.29, 0.717) is 0 Å². The van der Waals surface area contributed by atoms with Gasteiger partial charge in [0.2, 0.25) is 0 Å². The Labute approximate surface area is 256 Å². The number of carbonyl (C=O) groups is 8. The van der Waals surface area contributed by atoms with Crippen molar-refractivity contribution in [3.63, 3.8) is 0 Å². The summed E-state index contributed by atoms with van der Waals surface area (Å²) in [4.78, 5) is 129. The first-order chi connectivity index (χ1) is 21.0. The molecule has 0 fully saturated rings. The summed E-state index contributed by atoms with van der Waals surface area (Å²) in [7, 11) is 3.42.